The van der Waals surface area contributed by atoms with Crippen LogP contribution < -0.4 is 5.43 Å². The Hall–Kier alpha value is -3.10. The van der Waals surface area contributed by atoms with Gasteiger partial charge in [0, 0.05) is 0 Å². The maximum absolute atomic E-state index is 12.7. The largest absolute Gasteiger partial charge is 0.507 e. The fourth-order valence-corrected chi connectivity index (χ4v) is 2.49. The van der Waals surface area contributed by atoms with Gasteiger partial charge in [0.15, 0.2) is 5.43 Å². The zero-order valence-electron chi connectivity index (χ0n) is 12.3. The van der Waals surface area contributed by atoms with Crippen LogP contribution in [0.25, 0.3) is 22.1 Å². The number of nitriles is 1. The van der Waals surface area contributed by atoms with Gasteiger partial charge in [0.1, 0.15) is 23.7 Å². The smallest absolute Gasteiger partial charge is 0.200 e. The summed E-state index contributed by atoms with van der Waals surface area (Å²) in [5.41, 5.74) is 2.57. The van der Waals surface area contributed by atoms with Crippen molar-refractivity contribution in [3.05, 3.63) is 63.5 Å². The lowest BCUT2D eigenvalue weighted by atomic mass is 10.0. The van der Waals surface area contributed by atoms with Crippen molar-refractivity contribution in [1.29, 1.82) is 5.26 Å². The molecule has 0 unspecified atom stereocenters. The number of aliphatic hydroxyl groups excluding tert-OH is 1. The lowest BCUT2D eigenvalue weighted by Gasteiger charge is -2.07. The molecule has 0 spiro atoms. The molecule has 1 heterocycles. The molecule has 0 radical (unpaired) electrons. The summed E-state index contributed by atoms with van der Waals surface area (Å²) in [7, 11) is 0. The van der Waals surface area contributed by atoms with E-state index >= 15 is 0 Å². The van der Waals surface area contributed by atoms with Gasteiger partial charge >= 0.3 is 0 Å². The van der Waals surface area contributed by atoms with Gasteiger partial charge in [-0.1, -0.05) is 6.07 Å². The molecule has 1 aromatic heterocycles. The highest BCUT2D eigenvalue weighted by molar-refractivity contribution is 5.83. The van der Waals surface area contributed by atoms with Gasteiger partial charge in [-0.05, 0) is 47.9 Å². The van der Waals surface area contributed by atoms with Crippen molar-refractivity contribution in [2.45, 2.75) is 13.5 Å². The normalized spacial score (nSPS) is 10.7. The fraction of sp³-hybridized carbons (Fsp3) is 0.111. The SMILES string of the molecule is Cc1cc2c(=O)c(-c3ccc(O)c(C#N)c3)coc2cc1CO. The number of benzene rings is 2. The molecule has 0 aliphatic heterocycles. The molecule has 5 heteroatoms. The number of aliphatic hydroxyl groups is 1. The summed E-state index contributed by atoms with van der Waals surface area (Å²) in [5, 5.41) is 28.3. The Balaban J connectivity index is 2.26. The van der Waals surface area contributed by atoms with Crippen molar-refractivity contribution >= 4 is 11.0 Å². The average Bonchev–Trinajstić information content (AvgIpc) is 2.56. The van der Waals surface area contributed by atoms with E-state index in [0.29, 0.717) is 27.7 Å². The zero-order chi connectivity index (χ0) is 16.6. The molecule has 23 heavy (non-hydrogen) atoms. The third-order valence-corrected chi connectivity index (χ3v) is 3.83. The summed E-state index contributed by atoms with van der Waals surface area (Å²) in [5.74, 6) is -0.134. The van der Waals surface area contributed by atoms with Crippen LogP contribution in [0.15, 0.2) is 45.8 Å². The topological polar surface area (TPSA) is 94.5 Å². The third-order valence-electron chi connectivity index (χ3n) is 3.83. The molecule has 0 fully saturated rings. The first-order chi connectivity index (χ1) is 11.0. The maximum Gasteiger partial charge on any atom is 0.200 e. The van der Waals surface area contributed by atoms with Crippen LogP contribution >= 0.6 is 0 Å². The van der Waals surface area contributed by atoms with Gasteiger partial charge in [-0.3, -0.25) is 4.79 Å². The van der Waals surface area contributed by atoms with E-state index in [1.807, 2.05) is 13.0 Å². The van der Waals surface area contributed by atoms with E-state index in [2.05, 4.69) is 0 Å². The molecule has 0 aliphatic rings. The average molecular weight is 307 g/mol. The highest BCUT2D eigenvalue weighted by Gasteiger charge is 2.12. The Bertz CT molecular complexity index is 1010. The first kappa shape index (κ1) is 14.8. The van der Waals surface area contributed by atoms with Gasteiger partial charge in [-0.25, -0.2) is 0 Å². The predicted octanol–water partition coefficient (Wildman–Crippen LogP) is 2.84. The number of nitrogens with zero attached hydrogens (tertiary/aromatic N) is 1. The summed E-state index contributed by atoms with van der Waals surface area (Å²) >= 11 is 0. The number of phenols is 1. The molecule has 0 saturated carbocycles. The van der Waals surface area contributed by atoms with Gasteiger partial charge in [0.2, 0.25) is 0 Å². The quantitative estimate of drug-likeness (QED) is 0.759. The first-order valence-corrected chi connectivity index (χ1v) is 6.94. The molecule has 0 amide bonds. The summed E-state index contributed by atoms with van der Waals surface area (Å²) < 4.78 is 5.52. The van der Waals surface area contributed by atoms with Crippen molar-refractivity contribution in [1.82, 2.24) is 0 Å². The van der Waals surface area contributed by atoms with Gasteiger partial charge in [-0.15, -0.1) is 0 Å². The highest BCUT2D eigenvalue weighted by Crippen LogP contribution is 2.26. The number of fused-ring (bicyclic) bond motifs is 1. The van der Waals surface area contributed by atoms with E-state index in [1.54, 1.807) is 18.2 Å². The third kappa shape index (κ3) is 2.45. The molecule has 3 rings (SSSR count). The molecular weight excluding hydrogens is 294 g/mol. The molecule has 3 aromatic rings. The lowest BCUT2D eigenvalue weighted by molar-refractivity contribution is 0.281. The van der Waals surface area contributed by atoms with E-state index in [0.717, 1.165) is 5.56 Å². The highest BCUT2D eigenvalue weighted by atomic mass is 16.3. The number of aryl methyl sites for hydroxylation is 1. The summed E-state index contributed by atoms with van der Waals surface area (Å²) in [6, 6.07) is 9.58. The van der Waals surface area contributed by atoms with Crippen LogP contribution in [0, 0.1) is 18.3 Å². The fourth-order valence-electron chi connectivity index (χ4n) is 2.49. The predicted molar refractivity (Wildman–Crippen MR) is 85.0 cm³/mol. The molecule has 0 aliphatic carbocycles. The number of aromatic hydroxyl groups is 1. The summed E-state index contributed by atoms with van der Waals surface area (Å²) in [6.07, 6.45) is 1.33. The molecule has 2 N–H and O–H groups in total. The minimum atomic E-state index is -0.228. The van der Waals surface area contributed by atoms with Crippen LogP contribution in [0.1, 0.15) is 16.7 Å². The Kier molecular flexibility index (Phi) is 3.61. The van der Waals surface area contributed by atoms with Crippen molar-refractivity contribution < 1.29 is 14.6 Å². The zero-order valence-corrected chi connectivity index (χ0v) is 12.3. The number of rotatable bonds is 2. The van der Waals surface area contributed by atoms with E-state index in [-0.39, 0.29) is 23.3 Å². The van der Waals surface area contributed by atoms with Crippen molar-refractivity contribution in [3.63, 3.8) is 0 Å². The Morgan fingerprint density at radius 3 is 2.74 bits per heavy atom. The van der Waals surface area contributed by atoms with Crippen LogP contribution in [0.5, 0.6) is 5.75 Å². The standard InChI is InChI=1S/C18H13NO4/c1-10-4-14-17(6-13(10)8-20)23-9-15(18(14)22)11-2-3-16(21)12(5-11)7-19/h2-6,9,20-21H,8H2,1H3. The van der Waals surface area contributed by atoms with Gasteiger partial charge < -0.3 is 14.6 Å². The van der Waals surface area contributed by atoms with Crippen molar-refractivity contribution in [2.24, 2.45) is 0 Å². The monoisotopic (exact) mass is 307 g/mol. The van der Waals surface area contributed by atoms with Crippen LogP contribution in [-0.4, -0.2) is 10.2 Å². The van der Waals surface area contributed by atoms with Crippen molar-refractivity contribution in [2.75, 3.05) is 0 Å². The second-order valence-corrected chi connectivity index (χ2v) is 5.26. The Morgan fingerprint density at radius 2 is 2.04 bits per heavy atom. The van der Waals surface area contributed by atoms with E-state index in [1.165, 1.54) is 18.4 Å². The van der Waals surface area contributed by atoms with Crippen molar-refractivity contribution in [3.8, 4) is 22.9 Å². The number of phenolic OH excluding ortho intramolecular Hbond substituents is 1. The summed E-state index contributed by atoms with van der Waals surface area (Å²) in [6.45, 7) is 1.68. The van der Waals surface area contributed by atoms with Crippen LogP contribution in [0.2, 0.25) is 0 Å². The van der Waals surface area contributed by atoms with Crippen LogP contribution in [0.3, 0.4) is 0 Å². The molecular formula is C18H13NO4. The Labute approximate surface area is 131 Å². The minimum absolute atomic E-state index is 0.0915. The van der Waals surface area contributed by atoms with Crippen LogP contribution in [-0.2, 0) is 6.61 Å². The van der Waals surface area contributed by atoms with Gasteiger partial charge in [-0.2, -0.15) is 5.26 Å². The lowest BCUT2D eigenvalue weighted by Crippen LogP contribution is -2.06. The van der Waals surface area contributed by atoms with Gasteiger partial charge in [0.05, 0.1) is 23.1 Å². The van der Waals surface area contributed by atoms with E-state index < -0.39 is 0 Å². The molecule has 0 atom stereocenters. The van der Waals surface area contributed by atoms with Gasteiger partial charge in [0.25, 0.3) is 0 Å². The second kappa shape index (κ2) is 5.59. The molecule has 0 bridgehead atoms. The first-order valence-electron chi connectivity index (χ1n) is 6.94. The van der Waals surface area contributed by atoms with E-state index in [9.17, 15) is 15.0 Å². The number of hydrogen-bond donors (Lipinski definition) is 2. The Morgan fingerprint density at radius 1 is 1.26 bits per heavy atom. The minimum Gasteiger partial charge on any atom is -0.507 e. The molecule has 2 aromatic carbocycles. The molecule has 5 nitrogen and oxygen atoms in total. The maximum atomic E-state index is 12.7. The van der Waals surface area contributed by atoms with Crippen LogP contribution in [0.4, 0.5) is 0 Å². The summed E-state index contributed by atoms with van der Waals surface area (Å²) in [4.78, 5) is 12.7. The van der Waals surface area contributed by atoms with E-state index in [4.69, 9.17) is 9.68 Å². The molecule has 114 valence electrons. The molecule has 0 saturated heterocycles. The number of hydrogen-bond acceptors (Lipinski definition) is 5. The second-order valence-electron chi connectivity index (χ2n) is 5.26.